The second-order valence-corrected chi connectivity index (χ2v) is 3.26. The number of benzene rings is 1. The van der Waals surface area contributed by atoms with Crippen molar-refractivity contribution in [1.29, 1.82) is 0 Å². The first-order valence-corrected chi connectivity index (χ1v) is 4.73. The van der Waals surface area contributed by atoms with E-state index in [2.05, 4.69) is 0 Å². The monoisotopic (exact) mass is 200 g/mol. The molecule has 0 spiro atoms. The summed E-state index contributed by atoms with van der Waals surface area (Å²) in [6, 6.07) is 9.43. The van der Waals surface area contributed by atoms with E-state index < -0.39 is 0 Å². The van der Waals surface area contributed by atoms with Gasteiger partial charge < -0.3 is 0 Å². The number of nitro groups is 1. The van der Waals surface area contributed by atoms with Gasteiger partial charge in [0.1, 0.15) is 0 Å². The zero-order valence-corrected chi connectivity index (χ0v) is 8.09. The highest BCUT2D eigenvalue weighted by Crippen LogP contribution is 2.27. The van der Waals surface area contributed by atoms with Gasteiger partial charge in [-0.05, 0) is 24.5 Å². The molecular formula is C12H10NO2. The summed E-state index contributed by atoms with van der Waals surface area (Å²) >= 11 is 0. The SMILES string of the molecule is O=[N+]([O-])C1=C[CH]CC=C1c1ccccc1. The van der Waals surface area contributed by atoms with E-state index in [0.29, 0.717) is 5.57 Å². The minimum Gasteiger partial charge on any atom is -0.258 e. The van der Waals surface area contributed by atoms with Crippen molar-refractivity contribution >= 4 is 5.57 Å². The van der Waals surface area contributed by atoms with Gasteiger partial charge in [0, 0.05) is 0 Å². The first kappa shape index (κ1) is 9.65. The molecule has 0 bridgehead atoms. The van der Waals surface area contributed by atoms with Crippen molar-refractivity contribution in [2.75, 3.05) is 0 Å². The molecule has 0 saturated carbocycles. The zero-order chi connectivity index (χ0) is 10.7. The quantitative estimate of drug-likeness (QED) is 0.544. The molecule has 0 aromatic heterocycles. The minimum atomic E-state index is -0.339. The summed E-state index contributed by atoms with van der Waals surface area (Å²) in [5, 5.41) is 10.8. The lowest BCUT2D eigenvalue weighted by atomic mass is 9.97. The van der Waals surface area contributed by atoms with Crippen LogP contribution in [0, 0.1) is 16.5 Å². The van der Waals surface area contributed by atoms with E-state index in [1.54, 1.807) is 12.5 Å². The minimum absolute atomic E-state index is 0.174. The summed E-state index contributed by atoms with van der Waals surface area (Å²) in [6.07, 6.45) is 6.00. The maximum Gasteiger partial charge on any atom is 0.273 e. The smallest absolute Gasteiger partial charge is 0.258 e. The van der Waals surface area contributed by atoms with Crippen LogP contribution < -0.4 is 0 Å². The number of allylic oxidation sites excluding steroid dienone is 3. The second kappa shape index (κ2) is 4.09. The molecule has 0 unspecified atom stereocenters. The number of rotatable bonds is 2. The third-order valence-corrected chi connectivity index (χ3v) is 2.29. The molecule has 0 amide bonds. The van der Waals surface area contributed by atoms with E-state index in [9.17, 15) is 10.1 Å². The van der Waals surface area contributed by atoms with Crippen LogP contribution in [0.15, 0.2) is 48.2 Å². The van der Waals surface area contributed by atoms with Crippen molar-refractivity contribution in [3.8, 4) is 0 Å². The Morgan fingerprint density at radius 3 is 2.60 bits per heavy atom. The highest BCUT2D eigenvalue weighted by Gasteiger charge is 2.20. The van der Waals surface area contributed by atoms with Crippen LogP contribution in [0.3, 0.4) is 0 Å². The molecule has 1 radical (unpaired) electrons. The molecule has 75 valence electrons. The molecule has 0 heterocycles. The lowest BCUT2D eigenvalue weighted by Crippen LogP contribution is -2.04. The van der Waals surface area contributed by atoms with Crippen molar-refractivity contribution in [3.05, 3.63) is 70.3 Å². The van der Waals surface area contributed by atoms with Gasteiger partial charge in [-0.3, -0.25) is 10.1 Å². The Labute approximate surface area is 87.9 Å². The van der Waals surface area contributed by atoms with Crippen LogP contribution in [0.2, 0.25) is 0 Å². The molecule has 1 aromatic rings. The average Bonchev–Trinajstić information content (AvgIpc) is 2.30. The summed E-state index contributed by atoms with van der Waals surface area (Å²) in [5.41, 5.74) is 1.78. The van der Waals surface area contributed by atoms with Gasteiger partial charge in [0.25, 0.3) is 5.70 Å². The summed E-state index contributed by atoms with van der Waals surface area (Å²) in [7, 11) is 0. The molecule has 0 aliphatic heterocycles. The topological polar surface area (TPSA) is 43.1 Å². The van der Waals surface area contributed by atoms with Crippen molar-refractivity contribution in [2.45, 2.75) is 6.42 Å². The molecule has 0 fully saturated rings. The predicted octanol–water partition coefficient (Wildman–Crippen LogP) is 2.84. The van der Waals surface area contributed by atoms with E-state index in [0.717, 1.165) is 12.0 Å². The molecule has 1 aliphatic carbocycles. The molecule has 0 saturated heterocycles. The van der Waals surface area contributed by atoms with Gasteiger partial charge >= 0.3 is 0 Å². The van der Waals surface area contributed by atoms with Crippen LogP contribution in [0.1, 0.15) is 12.0 Å². The highest BCUT2D eigenvalue weighted by molar-refractivity contribution is 5.78. The van der Waals surface area contributed by atoms with Gasteiger partial charge in [0.2, 0.25) is 0 Å². The maximum atomic E-state index is 10.8. The third kappa shape index (κ3) is 1.96. The zero-order valence-electron chi connectivity index (χ0n) is 8.09. The average molecular weight is 200 g/mol. The molecule has 0 atom stereocenters. The first-order valence-electron chi connectivity index (χ1n) is 4.73. The lowest BCUT2D eigenvalue weighted by Gasteiger charge is -2.08. The molecule has 2 rings (SSSR count). The Bertz CT molecular complexity index is 432. The molecule has 0 N–H and O–H groups in total. The Balaban J connectivity index is 2.40. The summed E-state index contributed by atoms with van der Waals surface area (Å²) in [6.45, 7) is 0. The fraction of sp³-hybridized carbons (Fsp3) is 0.0833. The van der Waals surface area contributed by atoms with Gasteiger partial charge in [-0.1, -0.05) is 36.4 Å². The largest absolute Gasteiger partial charge is 0.273 e. The highest BCUT2D eigenvalue weighted by atomic mass is 16.6. The fourth-order valence-electron chi connectivity index (χ4n) is 1.60. The van der Waals surface area contributed by atoms with Crippen LogP contribution in [0.4, 0.5) is 0 Å². The Hall–Kier alpha value is -1.90. The number of nitrogens with zero attached hydrogens (tertiary/aromatic N) is 1. The van der Waals surface area contributed by atoms with Crippen LogP contribution in [0.5, 0.6) is 0 Å². The standard InChI is InChI=1S/C12H10NO2/c14-13(15)12-9-5-4-8-11(12)10-6-2-1-3-7-10/h1-3,5-9H,4H2. The molecule has 1 aliphatic rings. The molecule has 3 nitrogen and oxygen atoms in total. The Kier molecular flexibility index (Phi) is 2.63. The summed E-state index contributed by atoms with van der Waals surface area (Å²) in [5.74, 6) is 0. The first-order chi connectivity index (χ1) is 7.29. The van der Waals surface area contributed by atoms with Gasteiger partial charge in [-0.15, -0.1) is 0 Å². The van der Waals surface area contributed by atoms with E-state index in [4.69, 9.17) is 0 Å². The fourth-order valence-corrected chi connectivity index (χ4v) is 1.60. The number of hydrogen-bond donors (Lipinski definition) is 0. The third-order valence-electron chi connectivity index (χ3n) is 2.29. The van der Waals surface area contributed by atoms with E-state index in [1.165, 1.54) is 0 Å². The second-order valence-electron chi connectivity index (χ2n) is 3.26. The molecule has 15 heavy (non-hydrogen) atoms. The molecular weight excluding hydrogens is 190 g/mol. The van der Waals surface area contributed by atoms with Crippen molar-refractivity contribution < 1.29 is 4.92 Å². The maximum absolute atomic E-state index is 10.8. The van der Waals surface area contributed by atoms with Crippen LogP contribution in [-0.4, -0.2) is 4.92 Å². The summed E-state index contributed by atoms with van der Waals surface area (Å²) < 4.78 is 0. The molecule has 3 heteroatoms. The van der Waals surface area contributed by atoms with Gasteiger partial charge in [0.15, 0.2) is 0 Å². The van der Waals surface area contributed by atoms with Crippen molar-refractivity contribution in [2.24, 2.45) is 0 Å². The van der Waals surface area contributed by atoms with Gasteiger partial charge in [-0.2, -0.15) is 0 Å². The van der Waals surface area contributed by atoms with Crippen molar-refractivity contribution in [1.82, 2.24) is 0 Å². The normalized spacial score (nSPS) is 15.5. The van der Waals surface area contributed by atoms with Crippen LogP contribution in [-0.2, 0) is 0 Å². The van der Waals surface area contributed by atoms with E-state index in [1.807, 2.05) is 36.4 Å². The van der Waals surface area contributed by atoms with E-state index >= 15 is 0 Å². The number of hydrogen-bond acceptors (Lipinski definition) is 2. The summed E-state index contributed by atoms with van der Waals surface area (Å²) in [4.78, 5) is 10.5. The van der Waals surface area contributed by atoms with Crippen LogP contribution in [0.25, 0.3) is 5.57 Å². The van der Waals surface area contributed by atoms with E-state index in [-0.39, 0.29) is 10.6 Å². The molecule has 1 aromatic carbocycles. The Morgan fingerprint density at radius 2 is 1.93 bits per heavy atom. The van der Waals surface area contributed by atoms with Crippen molar-refractivity contribution in [3.63, 3.8) is 0 Å². The Morgan fingerprint density at radius 1 is 1.20 bits per heavy atom. The van der Waals surface area contributed by atoms with Crippen LogP contribution >= 0.6 is 0 Å². The predicted molar refractivity (Wildman–Crippen MR) is 58.4 cm³/mol. The van der Waals surface area contributed by atoms with Gasteiger partial charge in [-0.25, -0.2) is 0 Å². The lowest BCUT2D eigenvalue weighted by molar-refractivity contribution is -0.417. The van der Waals surface area contributed by atoms with Gasteiger partial charge in [0.05, 0.1) is 10.5 Å².